The second kappa shape index (κ2) is 4.79. The van der Waals surface area contributed by atoms with Crippen LogP contribution in [-0.2, 0) is 0 Å². The summed E-state index contributed by atoms with van der Waals surface area (Å²) < 4.78 is 0. The van der Waals surface area contributed by atoms with Gasteiger partial charge in [-0.2, -0.15) is 0 Å². The number of nitrogens with one attached hydrogen (secondary N) is 2. The average Bonchev–Trinajstić information content (AvgIpc) is 2.30. The maximum Gasteiger partial charge on any atom is 0.251 e. The molecule has 1 aliphatic carbocycles. The second-order valence-electron chi connectivity index (χ2n) is 3.90. The molecular weight excluding hydrogens is 204 g/mol. The molecule has 84 valence electrons. The minimum Gasteiger partial charge on any atom is -0.349 e. The maximum atomic E-state index is 11.8. The summed E-state index contributed by atoms with van der Waals surface area (Å²) in [6.07, 6.45) is 8.51. The summed E-state index contributed by atoms with van der Waals surface area (Å²) in [5.74, 6) is -0.175. The Kier molecular flexibility index (Phi) is 3.19. The first-order valence-electron chi connectivity index (χ1n) is 5.40. The fourth-order valence-corrected chi connectivity index (χ4v) is 1.78. The van der Waals surface area contributed by atoms with Crippen molar-refractivity contribution in [3.05, 3.63) is 46.4 Å². The number of aromatic amines is 1. The van der Waals surface area contributed by atoms with Crippen LogP contribution in [-0.4, -0.2) is 16.9 Å². The van der Waals surface area contributed by atoms with E-state index < -0.39 is 0 Å². The minimum absolute atomic E-state index is 0.175. The fraction of sp³-hybridized carbons (Fsp3) is 0.333. The van der Waals surface area contributed by atoms with Gasteiger partial charge in [-0.3, -0.25) is 9.59 Å². The number of amides is 1. The quantitative estimate of drug-likeness (QED) is 0.733. The summed E-state index contributed by atoms with van der Waals surface area (Å²) >= 11 is 0. The summed E-state index contributed by atoms with van der Waals surface area (Å²) in [6, 6.07) is 3.11. The molecule has 0 radical (unpaired) electrons. The Morgan fingerprint density at radius 1 is 1.44 bits per heavy atom. The van der Waals surface area contributed by atoms with Crippen LogP contribution >= 0.6 is 0 Å². The van der Waals surface area contributed by atoms with E-state index in [0.29, 0.717) is 5.56 Å². The molecule has 1 aromatic rings. The van der Waals surface area contributed by atoms with Crippen LogP contribution in [0.25, 0.3) is 0 Å². The van der Waals surface area contributed by atoms with E-state index in [4.69, 9.17) is 0 Å². The Morgan fingerprint density at radius 3 is 3.00 bits per heavy atom. The van der Waals surface area contributed by atoms with E-state index in [9.17, 15) is 9.59 Å². The van der Waals surface area contributed by atoms with E-state index >= 15 is 0 Å². The van der Waals surface area contributed by atoms with Crippen LogP contribution in [0.4, 0.5) is 0 Å². The molecule has 2 N–H and O–H groups in total. The van der Waals surface area contributed by atoms with E-state index in [-0.39, 0.29) is 17.5 Å². The molecule has 0 spiro atoms. The van der Waals surface area contributed by atoms with Gasteiger partial charge in [-0.05, 0) is 25.3 Å². The highest BCUT2D eigenvalue weighted by Gasteiger charge is 2.14. The predicted octanol–water partition coefficient (Wildman–Crippen LogP) is 1.21. The highest BCUT2D eigenvalue weighted by molar-refractivity contribution is 5.94. The molecule has 0 saturated carbocycles. The van der Waals surface area contributed by atoms with Gasteiger partial charge >= 0.3 is 0 Å². The van der Waals surface area contributed by atoms with Gasteiger partial charge in [-0.25, -0.2) is 0 Å². The predicted molar refractivity (Wildman–Crippen MR) is 61.3 cm³/mol. The first-order chi connectivity index (χ1) is 7.75. The van der Waals surface area contributed by atoms with Crippen molar-refractivity contribution < 1.29 is 4.79 Å². The number of aromatic nitrogens is 1. The number of pyridine rings is 1. The molecule has 0 fully saturated rings. The van der Waals surface area contributed by atoms with Crippen molar-refractivity contribution in [2.45, 2.75) is 25.3 Å². The van der Waals surface area contributed by atoms with Gasteiger partial charge in [0.05, 0.1) is 0 Å². The van der Waals surface area contributed by atoms with Crippen molar-refractivity contribution in [2.75, 3.05) is 0 Å². The molecular formula is C12H14N2O2. The fourth-order valence-electron chi connectivity index (χ4n) is 1.78. The van der Waals surface area contributed by atoms with Crippen molar-refractivity contribution >= 4 is 5.91 Å². The van der Waals surface area contributed by atoms with Gasteiger partial charge in [0.1, 0.15) is 0 Å². The molecule has 4 heteroatoms. The van der Waals surface area contributed by atoms with Gasteiger partial charge in [0, 0.05) is 23.9 Å². The average molecular weight is 218 g/mol. The van der Waals surface area contributed by atoms with Crippen LogP contribution < -0.4 is 10.9 Å². The molecule has 1 atom stereocenters. The number of carbonyl (C=O) groups is 1. The summed E-state index contributed by atoms with van der Waals surface area (Å²) in [5.41, 5.74) is 0.162. The van der Waals surface area contributed by atoms with Gasteiger partial charge in [0.15, 0.2) is 0 Å². The first-order valence-corrected chi connectivity index (χ1v) is 5.40. The van der Waals surface area contributed by atoms with Crippen LogP contribution in [0.15, 0.2) is 35.3 Å². The SMILES string of the molecule is O=C(NC1CC=CCC1)c1cc[nH]c(=O)c1. The molecule has 0 bridgehead atoms. The highest BCUT2D eigenvalue weighted by Crippen LogP contribution is 2.11. The van der Waals surface area contributed by atoms with Crippen LogP contribution in [0.5, 0.6) is 0 Å². The smallest absolute Gasteiger partial charge is 0.251 e. The Morgan fingerprint density at radius 2 is 2.31 bits per heavy atom. The summed E-state index contributed by atoms with van der Waals surface area (Å²) in [5, 5.41) is 2.92. The topological polar surface area (TPSA) is 62.0 Å². The van der Waals surface area contributed by atoms with Gasteiger partial charge < -0.3 is 10.3 Å². The Hall–Kier alpha value is -1.84. The van der Waals surface area contributed by atoms with Crippen molar-refractivity contribution in [1.82, 2.24) is 10.3 Å². The third kappa shape index (κ3) is 2.59. The van der Waals surface area contributed by atoms with Crippen LogP contribution in [0.2, 0.25) is 0 Å². The lowest BCUT2D eigenvalue weighted by atomic mass is 10.0. The molecule has 0 saturated heterocycles. The van der Waals surface area contributed by atoms with E-state index in [0.717, 1.165) is 19.3 Å². The molecule has 1 amide bonds. The molecule has 2 rings (SSSR count). The standard InChI is InChI=1S/C12H14N2O2/c15-11-8-9(6-7-13-11)12(16)14-10-4-2-1-3-5-10/h1-2,6-8,10H,3-5H2,(H,13,15)(H,14,16). The second-order valence-corrected chi connectivity index (χ2v) is 3.90. The highest BCUT2D eigenvalue weighted by atomic mass is 16.2. The lowest BCUT2D eigenvalue weighted by Gasteiger charge is -2.19. The van der Waals surface area contributed by atoms with Gasteiger partial charge in [0.25, 0.3) is 5.91 Å². The van der Waals surface area contributed by atoms with Crippen LogP contribution in [0.1, 0.15) is 29.6 Å². The number of H-pyrrole nitrogens is 1. The van der Waals surface area contributed by atoms with E-state index in [1.54, 1.807) is 6.07 Å². The van der Waals surface area contributed by atoms with Crippen LogP contribution in [0, 0.1) is 0 Å². The molecule has 1 heterocycles. The lowest BCUT2D eigenvalue weighted by molar-refractivity contribution is 0.0934. The maximum absolute atomic E-state index is 11.8. The summed E-state index contributed by atoms with van der Waals surface area (Å²) in [7, 11) is 0. The third-order valence-electron chi connectivity index (χ3n) is 2.64. The van der Waals surface area contributed by atoms with Crippen molar-refractivity contribution in [2.24, 2.45) is 0 Å². The van der Waals surface area contributed by atoms with Crippen molar-refractivity contribution in [3.8, 4) is 0 Å². The number of carbonyl (C=O) groups excluding carboxylic acids is 1. The Labute approximate surface area is 93.4 Å². The van der Waals surface area contributed by atoms with Gasteiger partial charge in [0.2, 0.25) is 5.56 Å². The molecule has 1 aromatic heterocycles. The zero-order valence-electron chi connectivity index (χ0n) is 8.90. The van der Waals surface area contributed by atoms with Crippen molar-refractivity contribution in [1.29, 1.82) is 0 Å². The largest absolute Gasteiger partial charge is 0.349 e. The summed E-state index contributed by atoms with van der Waals surface area (Å²) in [6.45, 7) is 0. The molecule has 4 nitrogen and oxygen atoms in total. The number of hydrogen-bond donors (Lipinski definition) is 2. The van der Waals surface area contributed by atoms with E-state index in [1.165, 1.54) is 12.3 Å². The van der Waals surface area contributed by atoms with E-state index in [2.05, 4.69) is 22.5 Å². The number of allylic oxidation sites excluding steroid dienone is 1. The molecule has 1 aliphatic rings. The molecule has 16 heavy (non-hydrogen) atoms. The van der Waals surface area contributed by atoms with Gasteiger partial charge in [-0.15, -0.1) is 0 Å². The number of hydrogen-bond acceptors (Lipinski definition) is 2. The molecule has 0 aromatic carbocycles. The first kappa shape index (κ1) is 10.7. The number of rotatable bonds is 2. The zero-order valence-corrected chi connectivity index (χ0v) is 8.90. The summed E-state index contributed by atoms with van der Waals surface area (Å²) in [4.78, 5) is 25.3. The van der Waals surface area contributed by atoms with Crippen LogP contribution in [0.3, 0.4) is 0 Å². The monoisotopic (exact) mass is 218 g/mol. The third-order valence-corrected chi connectivity index (χ3v) is 2.64. The van der Waals surface area contributed by atoms with E-state index in [1.807, 2.05) is 0 Å². The zero-order chi connectivity index (χ0) is 11.4. The molecule has 0 aliphatic heterocycles. The van der Waals surface area contributed by atoms with Crippen molar-refractivity contribution in [3.63, 3.8) is 0 Å². The minimum atomic E-state index is -0.254. The Balaban J connectivity index is 2.02. The normalized spacial score (nSPS) is 19.4. The lowest BCUT2D eigenvalue weighted by Crippen LogP contribution is -2.35. The van der Waals surface area contributed by atoms with Gasteiger partial charge in [-0.1, -0.05) is 12.2 Å². The molecule has 1 unspecified atom stereocenters. The Bertz CT molecular complexity index is 462.